The summed E-state index contributed by atoms with van der Waals surface area (Å²) >= 11 is 4.29. The maximum atomic E-state index is 10.9. The van der Waals surface area contributed by atoms with Crippen LogP contribution in [0.25, 0.3) is 0 Å². The van der Waals surface area contributed by atoms with Gasteiger partial charge in [-0.2, -0.15) is 0 Å². The van der Waals surface area contributed by atoms with Crippen LogP contribution in [0, 0.1) is 0 Å². The van der Waals surface area contributed by atoms with Gasteiger partial charge in [0.15, 0.2) is 16.6 Å². The lowest BCUT2D eigenvalue weighted by molar-refractivity contribution is -0.109. The van der Waals surface area contributed by atoms with E-state index in [4.69, 9.17) is 9.47 Å². The van der Waals surface area contributed by atoms with Gasteiger partial charge in [-0.05, 0) is 12.1 Å². The second-order valence-electron chi connectivity index (χ2n) is 4.04. The highest BCUT2D eigenvalue weighted by molar-refractivity contribution is 9.10. The highest BCUT2D eigenvalue weighted by Gasteiger charge is 2.23. The van der Waals surface area contributed by atoms with Crippen LogP contribution in [0.1, 0.15) is 18.6 Å². The van der Waals surface area contributed by atoms with Crippen molar-refractivity contribution in [3.05, 3.63) is 22.2 Å². The first-order valence-electron chi connectivity index (χ1n) is 5.81. The molecule has 2 N–H and O–H groups in total. The molecule has 1 aromatic rings. The number of carbonyl (C=O) groups is 1. The molecule has 0 saturated carbocycles. The molecule has 2 atom stereocenters. The number of aliphatic hydroxyl groups is 2. The van der Waals surface area contributed by atoms with E-state index in [1.807, 2.05) is 0 Å². The lowest BCUT2D eigenvalue weighted by atomic mass is 10.0. The molecule has 0 radical (unpaired) electrons. The Morgan fingerprint density at radius 2 is 1.85 bits per heavy atom. The fourth-order valence-corrected chi connectivity index (χ4v) is 2.74. The Kier molecular flexibility index (Phi) is 6.81. The quantitative estimate of drug-likeness (QED) is 0.805. The molecular weight excluding hydrogens is 348 g/mol. The van der Waals surface area contributed by atoms with Crippen molar-refractivity contribution in [1.82, 2.24) is 0 Å². The minimum Gasteiger partial charge on any atom is -0.493 e. The Balaban J connectivity index is 2.97. The van der Waals surface area contributed by atoms with Crippen LogP contribution < -0.4 is 9.47 Å². The monoisotopic (exact) mass is 364 g/mol. The maximum absolute atomic E-state index is 10.9. The maximum Gasteiger partial charge on any atom is 0.185 e. The Morgan fingerprint density at radius 3 is 2.35 bits per heavy atom. The minimum absolute atomic E-state index is 0.109. The number of hydrogen-bond acceptors (Lipinski definition) is 6. The zero-order valence-corrected chi connectivity index (χ0v) is 13.8. The van der Waals surface area contributed by atoms with Crippen LogP contribution in [0.15, 0.2) is 16.6 Å². The molecule has 0 aliphatic heterocycles. The summed E-state index contributed by atoms with van der Waals surface area (Å²) in [7, 11) is 3.00. The smallest absolute Gasteiger partial charge is 0.185 e. The van der Waals surface area contributed by atoms with Gasteiger partial charge in [0, 0.05) is 22.7 Å². The van der Waals surface area contributed by atoms with Gasteiger partial charge < -0.3 is 19.7 Å². The molecular formula is C13H17BrO5S. The van der Waals surface area contributed by atoms with Crippen molar-refractivity contribution in [3.8, 4) is 11.5 Å². The topological polar surface area (TPSA) is 76.0 Å². The summed E-state index contributed by atoms with van der Waals surface area (Å²) in [6.45, 7) is 1.41. The van der Waals surface area contributed by atoms with Crippen molar-refractivity contribution in [1.29, 1.82) is 0 Å². The first kappa shape index (κ1) is 17.3. The summed E-state index contributed by atoms with van der Waals surface area (Å²) in [5.74, 6) is 1.09. The van der Waals surface area contributed by atoms with Gasteiger partial charge in [0.05, 0.1) is 20.3 Å². The molecule has 1 aromatic carbocycles. The van der Waals surface area contributed by atoms with E-state index in [2.05, 4.69) is 15.9 Å². The van der Waals surface area contributed by atoms with E-state index in [1.54, 1.807) is 12.1 Å². The van der Waals surface area contributed by atoms with Gasteiger partial charge in [0.2, 0.25) is 0 Å². The molecule has 0 aromatic heterocycles. The van der Waals surface area contributed by atoms with E-state index >= 15 is 0 Å². The second kappa shape index (κ2) is 7.87. The first-order chi connectivity index (χ1) is 9.40. The van der Waals surface area contributed by atoms with Gasteiger partial charge in [-0.1, -0.05) is 27.7 Å². The largest absolute Gasteiger partial charge is 0.493 e. The number of halogens is 1. The molecule has 0 saturated heterocycles. The summed E-state index contributed by atoms with van der Waals surface area (Å²) in [4.78, 5) is 10.9. The second-order valence-corrected chi connectivity index (χ2v) is 6.09. The third-order valence-electron chi connectivity index (χ3n) is 2.64. The predicted octanol–water partition coefficient (Wildman–Crippen LogP) is 2.14. The zero-order valence-electron chi connectivity index (χ0n) is 11.4. The lowest BCUT2D eigenvalue weighted by Crippen LogP contribution is -2.21. The summed E-state index contributed by atoms with van der Waals surface area (Å²) in [6.07, 6.45) is -2.19. The van der Waals surface area contributed by atoms with E-state index in [1.165, 1.54) is 21.1 Å². The molecule has 0 fully saturated rings. The molecule has 0 bridgehead atoms. The van der Waals surface area contributed by atoms with E-state index in [0.717, 1.165) is 11.8 Å². The third kappa shape index (κ3) is 4.37. The number of carbonyl (C=O) groups excluding carboxylic acids is 1. The Morgan fingerprint density at radius 1 is 1.30 bits per heavy atom. The number of ether oxygens (including phenoxy) is 2. The first-order valence-corrected chi connectivity index (χ1v) is 7.59. The molecule has 0 aliphatic carbocycles. The fourth-order valence-electron chi connectivity index (χ4n) is 1.60. The number of thioether (sulfide) groups is 1. The zero-order chi connectivity index (χ0) is 15.3. The molecule has 0 heterocycles. The molecule has 0 aliphatic rings. The molecule has 1 rings (SSSR count). The summed E-state index contributed by atoms with van der Waals surface area (Å²) in [5, 5.41) is 20.0. The number of methoxy groups -OCH3 is 2. The van der Waals surface area contributed by atoms with E-state index in [-0.39, 0.29) is 10.9 Å². The number of rotatable bonds is 6. The van der Waals surface area contributed by atoms with Crippen LogP contribution in [-0.2, 0) is 4.79 Å². The van der Waals surface area contributed by atoms with Crippen molar-refractivity contribution in [3.63, 3.8) is 0 Å². The van der Waals surface area contributed by atoms with Gasteiger partial charge in [-0.15, -0.1) is 0 Å². The molecule has 0 spiro atoms. The van der Waals surface area contributed by atoms with Gasteiger partial charge in [-0.25, -0.2) is 0 Å². The van der Waals surface area contributed by atoms with Gasteiger partial charge >= 0.3 is 0 Å². The van der Waals surface area contributed by atoms with Crippen LogP contribution in [0.4, 0.5) is 0 Å². The fraction of sp³-hybridized carbons (Fsp3) is 0.462. The van der Waals surface area contributed by atoms with Crippen LogP contribution in [0.2, 0.25) is 0 Å². The molecule has 112 valence electrons. The van der Waals surface area contributed by atoms with Crippen molar-refractivity contribution in [2.75, 3.05) is 20.0 Å². The van der Waals surface area contributed by atoms with Crippen molar-refractivity contribution < 1.29 is 24.5 Å². The highest BCUT2D eigenvalue weighted by atomic mass is 79.9. The Bertz CT molecular complexity index is 480. The average molecular weight is 365 g/mol. The SMILES string of the molecule is COc1cc(Br)c(C(O)C(O)CSC(C)=O)cc1OC. The predicted molar refractivity (Wildman–Crippen MR) is 81.4 cm³/mol. The Hall–Kier alpha value is -0.760. The lowest BCUT2D eigenvalue weighted by Gasteiger charge is -2.20. The van der Waals surface area contributed by atoms with Crippen molar-refractivity contribution in [2.24, 2.45) is 0 Å². The number of aliphatic hydroxyl groups excluding tert-OH is 2. The standard InChI is InChI=1S/C13H17BrO5S/c1-7(15)20-6-10(16)13(17)8-4-11(18-2)12(19-3)5-9(8)14/h4-5,10,13,16-17H,6H2,1-3H3. The molecule has 0 amide bonds. The summed E-state index contributed by atoms with van der Waals surface area (Å²) in [6, 6.07) is 3.25. The van der Waals surface area contributed by atoms with Gasteiger partial charge in [0.25, 0.3) is 0 Å². The molecule has 2 unspecified atom stereocenters. The summed E-state index contributed by atoms with van der Waals surface area (Å²) in [5.41, 5.74) is 0.472. The van der Waals surface area contributed by atoms with Crippen molar-refractivity contribution in [2.45, 2.75) is 19.1 Å². The summed E-state index contributed by atoms with van der Waals surface area (Å²) < 4.78 is 10.9. The van der Waals surface area contributed by atoms with Crippen molar-refractivity contribution >= 4 is 32.8 Å². The van der Waals surface area contributed by atoms with Crippen LogP contribution in [0.5, 0.6) is 11.5 Å². The minimum atomic E-state index is -1.13. The van der Waals surface area contributed by atoms with Crippen LogP contribution in [0.3, 0.4) is 0 Å². The molecule has 5 nitrogen and oxygen atoms in total. The van der Waals surface area contributed by atoms with Gasteiger partial charge in [0.1, 0.15) is 6.10 Å². The van der Waals surface area contributed by atoms with E-state index in [0.29, 0.717) is 21.5 Å². The van der Waals surface area contributed by atoms with Crippen LogP contribution in [-0.4, -0.2) is 41.4 Å². The third-order valence-corrected chi connectivity index (χ3v) is 4.24. The Labute approximate surface area is 130 Å². The average Bonchev–Trinajstić information content (AvgIpc) is 2.43. The molecule has 7 heteroatoms. The van der Waals surface area contributed by atoms with E-state index in [9.17, 15) is 15.0 Å². The van der Waals surface area contributed by atoms with E-state index < -0.39 is 12.2 Å². The normalized spacial score (nSPS) is 13.7. The van der Waals surface area contributed by atoms with Crippen LogP contribution >= 0.6 is 27.7 Å². The number of benzene rings is 1. The van der Waals surface area contributed by atoms with Gasteiger partial charge in [-0.3, -0.25) is 4.79 Å². The highest BCUT2D eigenvalue weighted by Crippen LogP contribution is 2.37. The number of hydrogen-bond donors (Lipinski definition) is 2. The molecule has 20 heavy (non-hydrogen) atoms.